The van der Waals surface area contributed by atoms with Crippen LogP contribution in [0.1, 0.15) is 21.0 Å². The summed E-state index contributed by atoms with van der Waals surface area (Å²) in [5, 5.41) is 1.57. The zero-order valence-corrected chi connectivity index (χ0v) is 23.5. The van der Waals surface area contributed by atoms with E-state index < -0.39 is 0 Å². The Morgan fingerprint density at radius 3 is 1.44 bits per heavy atom. The van der Waals surface area contributed by atoms with Crippen LogP contribution in [0.25, 0.3) is 11.9 Å². The van der Waals surface area contributed by atoms with Crippen LogP contribution in [0.5, 0.6) is 0 Å². The zero-order valence-electron chi connectivity index (χ0n) is 21.9. The Hall–Kier alpha value is -3.86. The van der Waals surface area contributed by atoms with Crippen LogP contribution >= 0.6 is 23.5 Å². The highest BCUT2D eigenvalue weighted by Crippen LogP contribution is 2.30. The molecule has 2 fully saturated rings. The Morgan fingerprint density at radius 1 is 0.659 bits per heavy atom. The number of carbonyl (C=O) groups excluding carboxylic acids is 2. The SMILES string of the molecule is O=C(c1cn(-c2ncccn2)c(SCSc2nc(C(=O)N3CCOCC3)cn2-c2ncccn2)n1)N1CCOCC1. The molecule has 2 aliphatic rings. The summed E-state index contributed by atoms with van der Waals surface area (Å²) in [6.45, 7) is 4.06. The smallest absolute Gasteiger partial charge is 0.274 e. The number of nitrogens with zero attached hydrogens (tertiary/aromatic N) is 10. The second kappa shape index (κ2) is 12.8. The molecule has 0 atom stereocenters. The number of hydrogen-bond acceptors (Lipinski definition) is 12. The number of imidazole rings is 2. The van der Waals surface area contributed by atoms with Crippen molar-refractivity contribution < 1.29 is 19.1 Å². The molecule has 14 nitrogen and oxygen atoms in total. The van der Waals surface area contributed by atoms with Crippen LogP contribution in [0.2, 0.25) is 0 Å². The topological polar surface area (TPSA) is 146 Å². The standard InChI is InChI=1S/C25H26N10O4S2/c36-20(32-7-11-38-12-8-32)18-15-34(22-26-3-1-4-27-22)24(30-18)40-17-41-25-31-19(21(37)33-9-13-39-14-10-33)16-35(25)23-28-5-2-6-29-23/h1-6,15-16H,7-14,17H2. The van der Waals surface area contributed by atoms with Crippen LogP contribution in [-0.2, 0) is 9.47 Å². The summed E-state index contributed by atoms with van der Waals surface area (Å²) in [7, 11) is 0. The minimum absolute atomic E-state index is 0.166. The fourth-order valence-electron chi connectivity index (χ4n) is 4.25. The molecule has 0 spiro atoms. The van der Waals surface area contributed by atoms with Gasteiger partial charge in [-0.3, -0.25) is 18.7 Å². The molecule has 4 aromatic heterocycles. The van der Waals surface area contributed by atoms with E-state index in [0.29, 0.717) is 91.3 Å². The van der Waals surface area contributed by atoms with E-state index in [9.17, 15) is 9.59 Å². The maximum absolute atomic E-state index is 13.2. The van der Waals surface area contributed by atoms with Gasteiger partial charge in [0.1, 0.15) is 11.4 Å². The molecular weight excluding hydrogens is 568 g/mol. The second-order valence-corrected chi connectivity index (χ2v) is 11.1. The third kappa shape index (κ3) is 6.24. The maximum atomic E-state index is 13.2. The highest BCUT2D eigenvalue weighted by Gasteiger charge is 2.25. The van der Waals surface area contributed by atoms with Gasteiger partial charge in [0.15, 0.2) is 10.3 Å². The van der Waals surface area contributed by atoms with Gasteiger partial charge in [-0.1, -0.05) is 23.5 Å². The van der Waals surface area contributed by atoms with Crippen molar-refractivity contribution in [2.45, 2.75) is 10.3 Å². The van der Waals surface area contributed by atoms with Gasteiger partial charge in [-0.15, -0.1) is 0 Å². The van der Waals surface area contributed by atoms with E-state index in [1.165, 1.54) is 23.5 Å². The lowest BCUT2D eigenvalue weighted by molar-refractivity contribution is 0.0297. The zero-order chi connectivity index (χ0) is 28.0. The molecule has 6 heterocycles. The summed E-state index contributed by atoms with van der Waals surface area (Å²) in [6, 6.07) is 3.45. The van der Waals surface area contributed by atoms with Crippen LogP contribution in [-0.4, -0.2) is 118 Å². The second-order valence-electron chi connectivity index (χ2n) is 8.87. The van der Waals surface area contributed by atoms with Gasteiger partial charge < -0.3 is 19.3 Å². The average molecular weight is 595 g/mol. The maximum Gasteiger partial charge on any atom is 0.274 e. The molecule has 4 aromatic rings. The molecule has 0 saturated carbocycles. The summed E-state index contributed by atoms with van der Waals surface area (Å²) >= 11 is 2.81. The van der Waals surface area contributed by atoms with Crippen LogP contribution in [0.3, 0.4) is 0 Å². The fraction of sp³-hybridized carbons (Fsp3) is 0.360. The molecule has 0 unspecified atom stereocenters. The van der Waals surface area contributed by atoms with E-state index in [-0.39, 0.29) is 11.8 Å². The molecule has 2 amide bonds. The van der Waals surface area contributed by atoms with E-state index in [2.05, 4.69) is 29.9 Å². The number of aromatic nitrogens is 8. The largest absolute Gasteiger partial charge is 0.378 e. The molecule has 2 saturated heterocycles. The quantitative estimate of drug-likeness (QED) is 0.215. The van der Waals surface area contributed by atoms with Crippen LogP contribution < -0.4 is 0 Å². The van der Waals surface area contributed by atoms with Crippen LogP contribution in [0.4, 0.5) is 0 Å². The van der Waals surface area contributed by atoms with E-state index >= 15 is 0 Å². The third-order valence-corrected chi connectivity index (χ3v) is 8.33. The lowest BCUT2D eigenvalue weighted by Gasteiger charge is -2.25. The van der Waals surface area contributed by atoms with Gasteiger partial charge in [0.25, 0.3) is 11.8 Å². The first-order valence-corrected chi connectivity index (χ1v) is 14.9. The van der Waals surface area contributed by atoms with Crippen molar-refractivity contribution in [2.75, 3.05) is 57.7 Å². The van der Waals surface area contributed by atoms with Gasteiger partial charge in [0, 0.05) is 63.4 Å². The first-order valence-electron chi connectivity index (χ1n) is 12.9. The Bertz CT molecular complexity index is 1380. The number of carbonyl (C=O) groups is 2. The summed E-state index contributed by atoms with van der Waals surface area (Å²) in [4.78, 5) is 56.4. The van der Waals surface area contributed by atoms with Crippen LogP contribution in [0.15, 0.2) is 59.6 Å². The molecule has 41 heavy (non-hydrogen) atoms. The first-order chi connectivity index (χ1) is 20.2. The van der Waals surface area contributed by atoms with Crippen molar-refractivity contribution >= 4 is 35.3 Å². The van der Waals surface area contributed by atoms with E-state index in [1.807, 2.05) is 0 Å². The van der Waals surface area contributed by atoms with Crippen molar-refractivity contribution in [1.29, 1.82) is 0 Å². The molecule has 0 aliphatic carbocycles. The van der Waals surface area contributed by atoms with Gasteiger partial charge in [-0.05, 0) is 12.1 Å². The highest BCUT2D eigenvalue weighted by atomic mass is 32.2. The molecule has 16 heteroatoms. The third-order valence-electron chi connectivity index (χ3n) is 6.29. The molecule has 0 bridgehead atoms. The molecule has 0 radical (unpaired) electrons. The van der Waals surface area contributed by atoms with E-state index in [1.54, 1.807) is 68.2 Å². The molecule has 2 aliphatic heterocycles. The van der Waals surface area contributed by atoms with Gasteiger partial charge in [-0.2, -0.15) is 0 Å². The Balaban J connectivity index is 1.24. The molecule has 0 aromatic carbocycles. The highest BCUT2D eigenvalue weighted by molar-refractivity contribution is 8.15. The lowest BCUT2D eigenvalue weighted by Crippen LogP contribution is -2.40. The van der Waals surface area contributed by atoms with Gasteiger partial charge in [0.2, 0.25) is 11.9 Å². The van der Waals surface area contributed by atoms with Crippen LogP contribution in [0, 0.1) is 0 Å². The summed E-state index contributed by atoms with van der Waals surface area (Å²) in [6.07, 6.45) is 9.88. The number of hydrogen-bond donors (Lipinski definition) is 0. The van der Waals surface area contributed by atoms with Crippen molar-refractivity contribution in [1.82, 2.24) is 48.8 Å². The number of morpholine rings is 2. The minimum atomic E-state index is -0.166. The first kappa shape index (κ1) is 27.3. The summed E-state index contributed by atoms with van der Waals surface area (Å²) in [5.74, 6) is 0.484. The lowest BCUT2D eigenvalue weighted by atomic mass is 10.3. The van der Waals surface area contributed by atoms with Gasteiger partial charge in [0.05, 0.1) is 31.5 Å². The normalized spacial score (nSPS) is 15.7. The molecule has 0 N–H and O–H groups in total. The van der Waals surface area contributed by atoms with Crippen molar-refractivity contribution in [2.24, 2.45) is 0 Å². The summed E-state index contributed by atoms with van der Waals surface area (Å²) < 4.78 is 14.2. The van der Waals surface area contributed by atoms with E-state index in [0.717, 1.165) is 0 Å². The number of thioether (sulfide) groups is 2. The summed E-state index contributed by atoms with van der Waals surface area (Å²) in [5.41, 5.74) is 0.619. The van der Waals surface area contributed by atoms with Crippen molar-refractivity contribution in [3.63, 3.8) is 0 Å². The van der Waals surface area contributed by atoms with Crippen molar-refractivity contribution in [3.05, 3.63) is 60.7 Å². The minimum Gasteiger partial charge on any atom is -0.378 e. The monoisotopic (exact) mass is 594 g/mol. The number of ether oxygens (including phenoxy) is 2. The van der Waals surface area contributed by atoms with Gasteiger partial charge >= 0.3 is 0 Å². The Morgan fingerprint density at radius 2 is 1.05 bits per heavy atom. The predicted octanol–water partition coefficient (Wildman–Crippen LogP) is 1.42. The van der Waals surface area contributed by atoms with E-state index in [4.69, 9.17) is 9.47 Å². The predicted molar refractivity (Wildman–Crippen MR) is 148 cm³/mol. The molecule has 212 valence electrons. The fourth-order valence-corrected chi connectivity index (χ4v) is 6.20. The number of amides is 2. The molecule has 6 rings (SSSR count). The Labute approximate surface area is 243 Å². The van der Waals surface area contributed by atoms with Gasteiger partial charge in [-0.25, -0.2) is 29.9 Å². The molecular formula is C25H26N10O4S2. The number of rotatable bonds is 8. The Kier molecular flexibility index (Phi) is 8.50. The average Bonchev–Trinajstić information content (AvgIpc) is 3.67. The van der Waals surface area contributed by atoms with Crippen molar-refractivity contribution in [3.8, 4) is 11.9 Å².